The Morgan fingerprint density at radius 3 is 2.33 bits per heavy atom. The van der Waals surface area contributed by atoms with Gasteiger partial charge >= 0.3 is 11.8 Å². The van der Waals surface area contributed by atoms with Crippen LogP contribution < -0.4 is 27.0 Å². The second kappa shape index (κ2) is 19.8. The number of nitrogens with one attached hydrogen (secondary N) is 3. The van der Waals surface area contributed by atoms with E-state index < -0.39 is 59.4 Å². The number of rotatable bonds is 13. The quantitative estimate of drug-likeness (QED) is 0.124. The molecule has 6 rings (SSSR count). The van der Waals surface area contributed by atoms with Gasteiger partial charge < -0.3 is 26.0 Å². The number of carbonyl (C=O) groups is 4. The number of aromatic nitrogens is 2. The van der Waals surface area contributed by atoms with Crippen molar-refractivity contribution < 1.29 is 33.1 Å². The first-order valence-electron chi connectivity index (χ1n) is 19.9. The molecule has 1 aromatic carbocycles. The van der Waals surface area contributed by atoms with Gasteiger partial charge in [-0.25, -0.2) is 18.4 Å². The summed E-state index contributed by atoms with van der Waals surface area (Å²) < 4.78 is 28.4. The SMILES string of the molecule is CC(C)(C)[C@H](NC(=O)O)C(=O)N1CCCC1C(N)=O.CC1(SNC(=O)C2CC2C(F)F)CC1.N#Cc1ccc2c(=O)n(CCCCCC3CCCC3)c(=O)[nH]c2c1. The summed E-state index contributed by atoms with van der Waals surface area (Å²) in [6, 6.07) is 5.25. The van der Waals surface area contributed by atoms with Crippen molar-refractivity contribution >= 4 is 46.7 Å². The van der Waals surface area contributed by atoms with Crippen LogP contribution in [0.15, 0.2) is 27.8 Å². The van der Waals surface area contributed by atoms with Gasteiger partial charge in [0.25, 0.3) is 5.56 Å². The van der Waals surface area contributed by atoms with Gasteiger partial charge in [-0.05, 0) is 86.9 Å². The number of primary amides is 1. The number of alkyl halides is 2. The third-order valence-electron chi connectivity index (χ3n) is 11.2. The van der Waals surface area contributed by atoms with E-state index in [1.54, 1.807) is 39.0 Å². The van der Waals surface area contributed by atoms with Crippen molar-refractivity contribution in [2.24, 2.45) is 28.9 Å². The Balaban J connectivity index is 0.000000196. The van der Waals surface area contributed by atoms with Gasteiger partial charge in [-0.15, -0.1) is 0 Å². The first-order valence-corrected chi connectivity index (χ1v) is 20.7. The Hall–Kier alpha value is -4.46. The van der Waals surface area contributed by atoms with E-state index >= 15 is 0 Å². The molecule has 4 aliphatic rings. The summed E-state index contributed by atoms with van der Waals surface area (Å²) in [6.45, 7) is 8.24. The minimum absolute atomic E-state index is 0.172. The highest BCUT2D eigenvalue weighted by molar-refractivity contribution is 7.99. The number of amides is 4. The summed E-state index contributed by atoms with van der Waals surface area (Å²) in [6.07, 6.45) is 10.0. The highest BCUT2D eigenvalue weighted by Crippen LogP contribution is 2.48. The molecule has 17 heteroatoms. The minimum Gasteiger partial charge on any atom is -0.465 e. The molecule has 57 heavy (non-hydrogen) atoms. The third-order valence-corrected chi connectivity index (χ3v) is 12.4. The number of likely N-dealkylation sites (tertiary alicyclic amines) is 1. The van der Waals surface area contributed by atoms with Crippen molar-refractivity contribution in [2.75, 3.05) is 6.54 Å². The van der Waals surface area contributed by atoms with Gasteiger partial charge in [0.2, 0.25) is 24.1 Å². The van der Waals surface area contributed by atoms with Crippen molar-refractivity contribution in [3.05, 3.63) is 44.6 Å². The Bertz CT molecular complexity index is 1910. The molecule has 4 amide bonds. The predicted octanol–water partition coefficient (Wildman–Crippen LogP) is 5.66. The number of halogens is 2. The fourth-order valence-electron chi connectivity index (χ4n) is 7.29. The molecule has 0 spiro atoms. The van der Waals surface area contributed by atoms with Crippen LogP contribution in [0.2, 0.25) is 0 Å². The number of H-pyrrole nitrogens is 1. The lowest BCUT2D eigenvalue weighted by Gasteiger charge is -2.34. The molecule has 4 fully saturated rings. The number of hydrogen-bond acceptors (Lipinski definition) is 8. The van der Waals surface area contributed by atoms with Crippen LogP contribution in [-0.2, 0) is 20.9 Å². The lowest BCUT2D eigenvalue weighted by Crippen LogP contribution is -2.57. The summed E-state index contributed by atoms with van der Waals surface area (Å²) in [5.41, 5.74) is 4.89. The van der Waals surface area contributed by atoms with Crippen LogP contribution in [0.3, 0.4) is 0 Å². The third kappa shape index (κ3) is 13.0. The molecule has 3 saturated carbocycles. The average molecular weight is 818 g/mol. The molecule has 2 aromatic rings. The molecule has 14 nitrogen and oxygen atoms in total. The van der Waals surface area contributed by atoms with E-state index in [1.807, 2.05) is 6.07 Å². The molecule has 1 saturated heterocycles. The zero-order valence-corrected chi connectivity index (χ0v) is 34.1. The number of nitrogens with zero attached hydrogens (tertiary/aromatic N) is 3. The van der Waals surface area contributed by atoms with Gasteiger partial charge in [-0.3, -0.25) is 28.5 Å². The van der Waals surface area contributed by atoms with Crippen LogP contribution in [0.1, 0.15) is 117 Å². The molecule has 6 N–H and O–H groups in total. The summed E-state index contributed by atoms with van der Waals surface area (Å²) in [7, 11) is 0. The zero-order valence-electron chi connectivity index (χ0n) is 33.3. The number of aromatic amines is 1. The van der Waals surface area contributed by atoms with Crippen LogP contribution in [0.25, 0.3) is 10.9 Å². The average Bonchev–Trinajstić information content (AvgIpc) is 3.97. The molecule has 1 aromatic heterocycles. The van der Waals surface area contributed by atoms with Crippen molar-refractivity contribution in [2.45, 2.75) is 141 Å². The first-order chi connectivity index (χ1) is 26.8. The van der Waals surface area contributed by atoms with Crippen molar-refractivity contribution in [3.63, 3.8) is 0 Å². The summed E-state index contributed by atoms with van der Waals surface area (Å²) in [4.78, 5) is 74.6. The number of nitriles is 1. The maximum atomic E-state index is 12.5. The maximum Gasteiger partial charge on any atom is 0.405 e. The lowest BCUT2D eigenvalue weighted by molar-refractivity contribution is -0.141. The fourth-order valence-corrected chi connectivity index (χ4v) is 8.10. The van der Waals surface area contributed by atoms with Crippen LogP contribution in [-0.4, -0.2) is 73.2 Å². The number of carboxylic acid groups (broad SMARTS) is 1. The molecule has 0 bridgehead atoms. The molecule has 314 valence electrons. The standard InChI is InChI=1S/C19H23N3O2.C12H21N3O4.C9H13F2NOS/c20-13-15-9-10-16-17(12-15)21-19(24)22(18(16)23)11-5-1-2-6-14-7-3-4-8-14;1-12(2,3)8(14-11(18)19)10(17)15-6-4-5-7(15)9(13)16;1-9(2-3-9)14-12-8(13)6-4-5(6)7(10)11/h9-10,12,14H,1-8,11H2,(H,21,24);7-8,14H,4-6H2,1-3H3,(H2,13,16)(H,18,19);5-7H,2-4H2,1H3,(H,12,13)/t;7?,8-;/m.1./s1. The maximum absolute atomic E-state index is 12.5. The van der Waals surface area contributed by atoms with Crippen molar-refractivity contribution in [1.82, 2.24) is 24.5 Å². The Kier molecular flexibility index (Phi) is 15.7. The number of carbonyl (C=O) groups excluding carboxylic acids is 3. The Morgan fingerprint density at radius 2 is 1.77 bits per heavy atom. The van der Waals surface area contributed by atoms with Crippen LogP contribution in [0.5, 0.6) is 0 Å². The molecule has 4 atom stereocenters. The number of benzene rings is 1. The van der Waals surface area contributed by atoms with E-state index in [0.717, 1.165) is 31.6 Å². The van der Waals surface area contributed by atoms with Crippen molar-refractivity contribution in [1.29, 1.82) is 5.26 Å². The first kappa shape index (κ1) is 45.2. The topological polar surface area (TPSA) is 220 Å². The number of fused-ring (bicyclic) bond motifs is 1. The largest absolute Gasteiger partial charge is 0.465 e. The van der Waals surface area contributed by atoms with Gasteiger partial charge in [-0.2, -0.15) is 5.26 Å². The Labute approximate surface area is 335 Å². The molecule has 1 aliphatic heterocycles. The van der Waals surface area contributed by atoms with Crippen LogP contribution in [0.4, 0.5) is 13.6 Å². The van der Waals surface area contributed by atoms with E-state index in [9.17, 15) is 37.5 Å². The summed E-state index contributed by atoms with van der Waals surface area (Å²) in [5.74, 6) is -1.39. The van der Waals surface area contributed by atoms with E-state index in [0.29, 0.717) is 48.8 Å². The fraction of sp³-hybridized carbons (Fsp3) is 0.675. The predicted molar refractivity (Wildman–Crippen MR) is 213 cm³/mol. The molecule has 3 aliphatic carbocycles. The number of hydrogen-bond donors (Lipinski definition) is 5. The minimum atomic E-state index is -2.34. The van der Waals surface area contributed by atoms with Crippen LogP contribution in [0, 0.1) is 34.5 Å². The van der Waals surface area contributed by atoms with Gasteiger partial charge in [0.05, 0.1) is 22.5 Å². The number of nitrogens with two attached hydrogens (primary N) is 1. The van der Waals surface area contributed by atoms with Gasteiger partial charge in [0.1, 0.15) is 12.1 Å². The Morgan fingerprint density at radius 1 is 1.09 bits per heavy atom. The van der Waals surface area contributed by atoms with E-state index in [1.165, 1.54) is 59.9 Å². The lowest BCUT2D eigenvalue weighted by atomic mass is 9.85. The number of unbranched alkanes of at least 4 members (excludes halogenated alkanes) is 2. The molecule has 3 unspecified atom stereocenters. The van der Waals surface area contributed by atoms with E-state index in [4.69, 9.17) is 16.1 Å². The van der Waals surface area contributed by atoms with Gasteiger partial charge in [0.15, 0.2) is 0 Å². The normalized spacial score (nSPS) is 21.4. The van der Waals surface area contributed by atoms with Gasteiger partial charge in [0, 0.05) is 29.7 Å². The van der Waals surface area contributed by atoms with E-state index in [-0.39, 0.29) is 16.2 Å². The second-order valence-electron chi connectivity index (χ2n) is 17.0. The highest BCUT2D eigenvalue weighted by Gasteiger charge is 2.50. The van der Waals surface area contributed by atoms with Crippen molar-refractivity contribution in [3.8, 4) is 6.07 Å². The van der Waals surface area contributed by atoms with Crippen LogP contribution >= 0.6 is 11.9 Å². The molecule has 0 radical (unpaired) electrons. The molecular weight excluding hydrogens is 761 g/mol. The highest BCUT2D eigenvalue weighted by atomic mass is 32.2. The molecular formula is C40H57F2N7O7S. The van der Waals surface area contributed by atoms with Gasteiger partial charge in [-0.1, -0.05) is 65.7 Å². The summed E-state index contributed by atoms with van der Waals surface area (Å²) >= 11 is 1.39. The molecule has 2 heterocycles. The monoisotopic (exact) mass is 817 g/mol. The smallest absolute Gasteiger partial charge is 0.405 e. The zero-order chi connectivity index (χ0) is 42.1. The second-order valence-corrected chi connectivity index (χ2v) is 18.4. The van der Waals surface area contributed by atoms with E-state index in [2.05, 4.69) is 21.9 Å². The summed E-state index contributed by atoms with van der Waals surface area (Å²) in [5, 5.41) is 20.4.